The number of nitrogens with one attached hydrogen (secondary N) is 1. The van der Waals surface area contributed by atoms with E-state index >= 15 is 0 Å². The number of carbonyl (C=O) groups is 2. The predicted molar refractivity (Wildman–Crippen MR) is 55.1 cm³/mol. The van der Waals surface area contributed by atoms with Crippen molar-refractivity contribution >= 4 is 40.8 Å². The molecule has 0 spiro atoms. The lowest BCUT2D eigenvalue weighted by atomic mass is 10.2. The maximum absolute atomic E-state index is 11.2. The SMILES string of the molecule is O=C1CC(=Cc2cc(Cl)cs2)C(=O)N1. The third-order valence-corrected chi connectivity index (χ3v) is 3.03. The van der Waals surface area contributed by atoms with Crippen LogP contribution in [-0.2, 0) is 9.59 Å². The molecule has 1 aromatic heterocycles. The lowest BCUT2D eigenvalue weighted by molar-refractivity contribution is -0.124. The van der Waals surface area contributed by atoms with Gasteiger partial charge in [0, 0.05) is 15.8 Å². The summed E-state index contributed by atoms with van der Waals surface area (Å²) in [5, 5.41) is 4.64. The van der Waals surface area contributed by atoms with Gasteiger partial charge in [-0.05, 0) is 12.1 Å². The fourth-order valence-electron chi connectivity index (χ4n) is 1.20. The standard InChI is InChI=1S/C9H6ClNO2S/c10-6-3-7(14-4-6)1-5-2-8(12)11-9(5)13/h1,3-4H,2H2,(H,11,12,13). The normalized spacial score (nSPS) is 19.1. The Balaban J connectivity index is 2.27. The van der Waals surface area contributed by atoms with Gasteiger partial charge in [-0.1, -0.05) is 11.6 Å². The third-order valence-electron chi connectivity index (χ3n) is 1.80. The van der Waals surface area contributed by atoms with E-state index in [2.05, 4.69) is 5.32 Å². The molecule has 0 unspecified atom stereocenters. The quantitative estimate of drug-likeness (QED) is 0.588. The molecule has 0 atom stereocenters. The van der Waals surface area contributed by atoms with E-state index in [9.17, 15) is 9.59 Å². The maximum atomic E-state index is 11.2. The van der Waals surface area contributed by atoms with E-state index in [1.807, 2.05) is 0 Å². The van der Waals surface area contributed by atoms with Gasteiger partial charge in [0.25, 0.3) is 5.91 Å². The monoisotopic (exact) mass is 227 g/mol. The Hall–Kier alpha value is -1.13. The fraction of sp³-hybridized carbons (Fsp3) is 0.111. The molecule has 0 aliphatic carbocycles. The van der Waals surface area contributed by atoms with Crippen LogP contribution in [0.25, 0.3) is 6.08 Å². The summed E-state index contributed by atoms with van der Waals surface area (Å²) in [4.78, 5) is 22.9. The van der Waals surface area contributed by atoms with E-state index in [1.165, 1.54) is 11.3 Å². The van der Waals surface area contributed by atoms with Gasteiger partial charge < -0.3 is 0 Å². The number of carbonyl (C=O) groups excluding carboxylic acids is 2. The van der Waals surface area contributed by atoms with E-state index in [0.717, 1.165) is 4.88 Å². The van der Waals surface area contributed by atoms with Crippen molar-refractivity contribution in [1.29, 1.82) is 0 Å². The molecular formula is C9H6ClNO2S. The summed E-state index contributed by atoms with van der Waals surface area (Å²) in [6, 6.07) is 1.76. The molecule has 0 bridgehead atoms. The van der Waals surface area contributed by atoms with E-state index in [0.29, 0.717) is 10.6 Å². The van der Waals surface area contributed by atoms with Crippen LogP contribution in [0.1, 0.15) is 11.3 Å². The second-order valence-corrected chi connectivity index (χ2v) is 4.27. The van der Waals surface area contributed by atoms with Gasteiger partial charge >= 0.3 is 0 Å². The first-order valence-corrected chi connectivity index (χ1v) is 5.20. The summed E-state index contributed by atoms with van der Waals surface area (Å²) in [6.45, 7) is 0. The van der Waals surface area contributed by atoms with Gasteiger partial charge in [-0.25, -0.2) is 0 Å². The minimum absolute atomic E-state index is 0.161. The molecule has 72 valence electrons. The van der Waals surface area contributed by atoms with Gasteiger partial charge in [-0.3, -0.25) is 14.9 Å². The molecule has 5 heteroatoms. The molecule has 0 saturated carbocycles. The third kappa shape index (κ3) is 1.86. The Morgan fingerprint density at radius 1 is 1.50 bits per heavy atom. The first kappa shape index (κ1) is 9.43. The van der Waals surface area contributed by atoms with Crippen molar-refractivity contribution in [3.05, 3.63) is 26.9 Å². The average Bonchev–Trinajstić information content (AvgIpc) is 2.61. The van der Waals surface area contributed by atoms with Crippen molar-refractivity contribution in [1.82, 2.24) is 5.32 Å². The highest BCUT2D eigenvalue weighted by Gasteiger charge is 2.23. The van der Waals surface area contributed by atoms with Gasteiger partial charge in [-0.15, -0.1) is 11.3 Å². The maximum Gasteiger partial charge on any atom is 0.254 e. The van der Waals surface area contributed by atoms with Crippen LogP contribution < -0.4 is 5.32 Å². The summed E-state index contributed by atoms with van der Waals surface area (Å²) in [5.41, 5.74) is 0.494. The van der Waals surface area contributed by atoms with Crippen LogP contribution in [0.15, 0.2) is 17.0 Å². The number of amides is 2. The largest absolute Gasteiger partial charge is 0.292 e. The minimum Gasteiger partial charge on any atom is -0.292 e. The van der Waals surface area contributed by atoms with E-state index in [-0.39, 0.29) is 18.2 Å². The molecule has 3 nitrogen and oxygen atoms in total. The van der Waals surface area contributed by atoms with E-state index < -0.39 is 0 Å². The highest BCUT2D eigenvalue weighted by molar-refractivity contribution is 7.11. The average molecular weight is 228 g/mol. The van der Waals surface area contributed by atoms with E-state index in [4.69, 9.17) is 11.6 Å². The van der Waals surface area contributed by atoms with Crippen LogP contribution in [0.2, 0.25) is 5.02 Å². The van der Waals surface area contributed by atoms with Crippen molar-refractivity contribution < 1.29 is 9.59 Å². The Morgan fingerprint density at radius 2 is 2.29 bits per heavy atom. The van der Waals surface area contributed by atoms with Gasteiger partial charge in [0.1, 0.15) is 0 Å². The van der Waals surface area contributed by atoms with Crippen LogP contribution in [0.4, 0.5) is 0 Å². The summed E-state index contributed by atoms with van der Waals surface area (Å²) in [6.07, 6.45) is 1.85. The van der Waals surface area contributed by atoms with Crippen molar-refractivity contribution in [3.63, 3.8) is 0 Å². The number of hydrogen-bond acceptors (Lipinski definition) is 3. The summed E-state index contributed by atoms with van der Waals surface area (Å²) in [7, 11) is 0. The van der Waals surface area contributed by atoms with Crippen molar-refractivity contribution in [2.45, 2.75) is 6.42 Å². The molecule has 1 saturated heterocycles. The van der Waals surface area contributed by atoms with E-state index in [1.54, 1.807) is 17.5 Å². The number of thiophene rings is 1. The van der Waals surface area contributed by atoms with Crippen molar-refractivity contribution in [2.75, 3.05) is 0 Å². The number of imide groups is 1. The molecule has 1 aromatic rings. The Kier molecular flexibility index (Phi) is 2.39. The molecule has 14 heavy (non-hydrogen) atoms. The smallest absolute Gasteiger partial charge is 0.254 e. The van der Waals surface area contributed by atoms with Crippen molar-refractivity contribution in [2.24, 2.45) is 0 Å². The molecule has 1 aliphatic heterocycles. The lowest BCUT2D eigenvalue weighted by Crippen LogP contribution is -2.19. The zero-order valence-electron chi connectivity index (χ0n) is 7.04. The highest BCUT2D eigenvalue weighted by Crippen LogP contribution is 2.23. The molecule has 0 radical (unpaired) electrons. The zero-order valence-corrected chi connectivity index (χ0v) is 8.61. The molecular weight excluding hydrogens is 222 g/mol. The topological polar surface area (TPSA) is 46.2 Å². The second-order valence-electron chi connectivity index (χ2n) is 2.89. The van der Waals surface area contributed by atoms with Gasteiger partial charge in [0.2, 0.25) is 5.91 Å². The number of hydrogen-bond donors (Lipinski definition) is 1. The Labute approximate surface area is 89.4 Å². The van der Waals surface area contributed by atoms with Crippen LogP contribution in [0.5, 0.6) is 0 Å². The van der Waals surface area contributed by atoms with Crippen LogP contribution >= 0.6 is 22.9 Å². The molecule has 1 fully saturated rings. The summed E-state index contributed by atoms with van der Waals surface area (Å²) < 4.78 is 0. The molecule has 1 N–H and O–H groups in total. The number of rotatable bonds is 1. The minimum atomic E-state index is -0.306. The Bertz CT molecular complexity index is 436. The Morgan fingerprint density at radius 3 is 2.79 bits per heavy atom. The first-order chi connectivity index (χ1) is 6.65. The van der Waals surface area contributed by atoms with Crippen LogP contribution in [-0.4, -0.2) is 11.8 Å². The zero-order chi connectivity index (χ0) is 10.1. The summed E-state index contributed by atoms with van der Waals surface area (Å²) >= 11 is 7.16. The first-order valence-electron chi connectivity index (χ1n) is 3.94. The molecule has 1 aliphatic rings. The van der Waals surface area contributed by atoms with Gasteiger partial charge in [0.15, 0.2) is 0 Å². The lowest BCUT2D eigenvalue weighted by Gasteiger charge is -1.88. The second kappa shape index (κ2) is 3.55. The van der Waals surface area contributed by atoms with Gasteiger partial charge in [0.05, 0.1) is 11.4 Å². The van der Waals surface area contributed by atoms with Gasteiger partial charge in [-0.2, -0.15) is 0 Å². The fourth-order valence-corrected chi connectivity index (χ4v) is 2.23. The predicted octanol–water partition coefficient (Wildman–Crippen LogP) is 1.83. The summed E-state index contributed by atoms with van der Waals surface area (Å²) in [5.74, 6) is -0.552. The van der Waals surface area contributed by atoms with Crippen LogP contribution in [0.3, 0.4) is 0 Å². The molecule has 2 rings (SSSR count). The van der Waals surface area contributed by atoms with Crippen LogP contribution in [0, 0.1) is 0 Å². The highest BCUT2D eigenvalue weighted by atomic mass is 35.5. The molecule has 2 amide bonds. The molecule has 2 heterocycles. The number of halogens is 1. The van der Waals surface area contributed by atoms with Crippen molar-refractivity contribution in [3.8, 4) is 0 Å². The molecule has 0 aromatic carbocycles.